The Kier molecular flexibility index (Phi) is 52.4. The second-order valence-electron chi connectivity index (χ2n) is 33.6. The number of hydrogen-bond donors (Lipinski definition) is 15. The maximum absolute atomic E-state index is 13.9. The average molecular weight is 2310 g/mol. The predicted molar refractivity (Wildman–Crippen MR) is 535 cm³/mol. The van der Waals surface area contributed by atoms with Crippen LogP contribution in [0.25, 0.3) is 0 Å². The Hall–Kier alpha value is -10.9. The van der Waals surface area contributed by atoms with E-state index in [0.29, 0.717) is 108 Å². The fraction of sp³-hybridized carbons (Fsp3) is 0.600. The number of carbonyl (C=O) groups is 4. The molecule has 15 N–H and O–H groups in total. The molecule has 0 aliphatic carbocycles. The molecule has 1 aliphatic rings. The van der Waals surface area contributed by atoms with Crippen LogP contribution in [0, 0.1) is 0 Å². The first-order valence-corrected chi connectivity index (χ1v) is 61.8. The monoisotopic (exact) mass is 2310 g/mol. The molecule has 150 heavy (non-hydrogen) atoms. The lowest BCUT2D eigenvalue weighted by Gasteiger charge is -2.19. The fourth-order valence-corrected chi connectivity index (χ4v) is 17.9. The summed E-state index contributed by atoms with van der Waals surface area (Å²) < 4.78 is 365. The highest BCUT2D eigenvalue weighted by Gasteiger charge is 2.28. The number of aromatic nitrogens is 6. The van der Waals surface area contributed by atoms with Crippen LogP contribution in [0.3, 0.4) is 0 Å². The van der Waals surface area contributed by atoms with Crippen molar-refractivity contribution in [2.24, 2.45) is 0 Å². The first-order valence-electron chi connectivity index (χ1n) is 47.3. The number of allylic oxidation sites excluding steroid dienone is 1. The van der Waals surface area contributed by atoms with Crippen LogP contribution in [-0.4, -0.2) is 339 Å². The van der Waals surface area contributed by atoms with Gasteiger partial charge in [-0.3, -0.25) is 74.5 Å². The fourth-order valence-electron chi connectivity index (χ4n) is 13.6. The van der Waals surface area contributed by atoms with E-state index in [1.165, 1.54) is 36.4 Å². The van der Waals surface area contributed by atoms with E-state index in [1.807, 2.05) is 13.1 Å². The molecule has 0 fully saturated rings. The van der Waals surface area contributed by atoms with Crippen LogP contribution < -0.4 is 89.1 Å². The minimum absolute atomic E-state index is 0.0677. The van der Waals surface area contributed by atoms with Crippen LogP contribution in [0.2, 0.25) is 0 Å². The molecule has 6 aromatic rings. The van der Waals surface area contributed by atoms with Crippen molar-refractivity contribution in [1.29, 1.82) is 0 Å². The molecule has 0 bridgehead atoms. The number of benzene rings is 4. The summed E-state index contributed by atoms with van der Waals surface area (Å²) in [5, 5.41) is 30.1. The van der Waals surface area contributed by atoms with E-state index in [0.717, 1.165) is 5.70 Å². The SMILES string of the molecule is CCCNC(=O)c1cc(OCCCCc2cn(CCCNC(=O)c3cc(OCCCS(=O)(=O)O)c(OCCCS(=O)(=O)O)c(OCCCS(=O)(=O)O)c3)nn2)c(OCCCCC2=CN(CCCNC(=O)c3cc(OCCCS(=O)(=O)O)c(OCCCS(=O)(=O)O)c(OCCCS(=O)(=O)O)c3)NN2)c(OCCCCc2cn(CCCNC(=O)c3cc(OCCCS(=O)(=O)O)c(OCCCS(=O)(=O)O)c(OCCCS(=O)(=O)O)c3)nn2)c1. The molecule has 0 saturated heterocycles. The molecule has 4 aromatic carbocycles. The maximum Gasteiger partial charge on any atom is 0.264 e. The molecular formula is C85H129N13O43S9. The van der Waals surface area contributed by atoms with E-state index in [1.54, 1.807) is 38.9 Å². The second kappa shape index (κ2) is 62.3. The Balaban J connectivity index is 1.01. The van der Waals surface area contributed by atoms with Gasteiger partial charge in [-0.05, 0) is 190 Å². The second-order valence-corrected chi connectivity index (χ2v) is 47.8. The maximum atomic E-state index is 13.9. The van der Waals surface area contributed by atoms with Gasteiger partial charge in [-0.25, -0.2) is 0 Å². The summed E-state index contributed by atoms with van der Waals surface area (Å²) in [7, 11) is -39.7. The number of unbranched alkanes of at least 4 members (excludes halogenated alkanes) is 3. The molecular weight excluding hydrogens is 2180 g/mol. The van der Waals surface area contributed by atoms with Gasteiger partial charge in [-0.1, -0.05) is 17.4 Å². The first-order chi connectivity index (χ1) is 70.6. The normalized spacial score (nSPS) is 12.7. The standard InChI is InChI=1S/C85H129N13O43S9/c1-2-24-86-82(99)63-52-70(130-31-6-3-21-67-60-96(93-90-67)28-9-25-87-83(100)64-54-72(132-34-12-43-142(103,104)105)79(139-40-18-49-148(121,122)123)73(55-64)133-35-13-44-143(106,107)108)78(138-33-8-5-23-69-62-98(95-92-69)30-11-27-89-85(102)66-58-76(136-38-16-47-146(115,116)117)81(141-42-20-51-150(127,128)129)77(59-66)137-39-17-48-147(118,119)120)71(53-63)131-32-7-4-22-68-61-97(94-91-68)29-10-26-88-84(101)65-56-74(134-36-14-45-144(109,110)111)80(140-41-19-50-149(124,125)126)75(57-65)135-37-15-46-145(112,113)114/h52-62,92,95H,2-51H2,1H3,(H,86,99)(H,87,100)(H,88,101)(H,89,102)(H,103,104,105)(H,106,107,108)(H,109,110,111)(H,112,113,114)(H,115,116,117)(H,118,119,120)(H,121,122,123)(H,124,125,126)(H,127,128,129). The molecule has 0 spiro atoms. The third-order valence-electron chi connectivity index (χ3n) is 20.5. The lowest BCUT2D eigenvalue weighted by Crippen LogP contribution is -2.38. The van der Waals surface area contributed by atoms with Crippen LogP contribution in [0.1, 0.15) is 188 Å². The van der Waals surface area contributed by atoms with Gasteiger partial charge < -0.3 is 83.5 Å². The summed E-state index contributed by atoms with van der Waals surface area (Å²) >= 11 is 0. The van der Waals surface area contributed by atoms with Gasteiger partial charge in [0.25, 0.3) is 115 Å². The first kappa shape index (κ1) is 126. The van der Waals surface area contributed by atoms with Crippen molar-refractivity contribution in [3.05, 3.63) is 106 Å². The van der Waals surface area contributed by atoms with Crippen LogP contribution in [0.5, 0.6) is 69.0 Å². The Bertz CT molecular complexity index is 6080. The highest BCUT2D eigenvalue weighted by molar-refractivity contribution is 7.87. The molecule has 4 amide bonds. The zero-order valence-corrected chi connectivity index (χ0v) is 89.3. The van der Waals surface area contributed by atoms with Crippen LogP contribution >= 0.6 is 0 Å². The van der Waals surface area contributed by atoms with Crippen molar-refractivity contribution in [3.63, 3.8) is 0 Å². The number of hydrogen-bond acceptors (Lipinski definition) is 41. The molecule has 65 heteroatoms. The van der Waals surface area contributed by atoms with Gasteiger partial charge in [0.1, 0.15) is 0 Å². The van der Waals surface area contributed by atoms with Gasteiger partial charge in [0.05, 0.1) is 142 Å². The quantitative estimate of drug-likeness (QED) is 0.0190. The average Bonchev–Trinajstić information content (AvgIpc) is 0.830. The number of amides is 4. The van der Waals surface area contributed by atoms with Crippen LogP contribution in [0.4, 0.5) is 0 Å². The number of ether oxygens (including phenoxy) is 12. The minimum Gasteiger partial charge on any atom is -0.490 e. The summed E-state index contributed by atoms with van der Waals surface area (Å²) in [6, 6.07) is 10.5. The van der Waals surface area contributed by atoms with E-state index < -0.39 is 166 Å². The highest BCUT2D eigenvalue weighted by Crippen LogP contribution is 2.44. The van der Waals surface area contributed by atoms with Gasteiger partial charge in [0, 0.05) is 92.4 Å². The minimum atomic E-state index is -4.42. The molecule has 2 aromatic heterocycles. The summed E-state index contributed by atoms with van der Waals surface area (Å²) in [5.74, 6) is -9.92. The summed E-state index contributed by atoms with van der Waals surface area (Å²) in [5.41, 5.74) is 8.17. The summed E-state index contributed by atoms with van der Waals surface area (Å²) in [6.45, 7) is 0.508. The largest absolute Gasteiger partial charge is 0.490 e. The highest BCUT2D eigenvalue weighted by atomic mass is 32.3. The number of hydrazine groups is 2. The van der Waals surface area contributed by atoms with Crippen molar-refractivity contribution in [2.45, 2.75) is 161 Å². The van der Waals surface area contributed by atoms with E-state index in [2.05, 4.69) is 52.9 Å². The molecule has 0 radical (unpaired) electrons. The van der Waals surface area contributed by atoms with Crippen molar-refractivity contribution < 1.29 is 193 Å². The smallest absolute Gasteiger partial charge is 0.264 e. The van der Waals surface area contributed by atoms with E-state index in [9.17, 15) is 136 Å². The Morgan fingerprint density at radius 1 is 0.280 bits per heavy atom. The third-order valence-corrected chi connectivity index (χ3v) is 27.8. The number of carbonyl (C=O) groups excluding carboxylic acids is 4. The Labute approximate surface area is 869 Å². The molecule has 0 saturated carbocycles. The lowest BCUT2D eigenvalue weighted by molar-refractivity contribution is 0.0942. The van der Waals surface area contributed by atoms with Gasteiger partial charge in [0.15, 0.2) is 46.0 Å². The van der Waals surface area contributed by atoms with Crippen LogP contribution in [0.15, 0.2) is 72.8 Å². The lowest BCUT2D eigenvalue weighted by atomic mass is 10.1. The van der Waals surface area contributed by atoms with Crippen molar-refractivity contribution in [3.8, 4) is 69.0 Å². The van der Waals surface area contributed by atoms with Crippen molar-refractivity contribution in [2.75, 3.05) is 164 Å². The Morgan fingerprint density at radius 2 is 0.493 bits per heavy atom. The van der Waals surface area contributed by atoms with Gasteiger partial charge >= 0.3 is 0 Å². The van der Waals surface area contributed by atoms with E-state index >= 15 is 0 Å². The molecule has 0 atom stereocenters. The molecule has 846 valence electrons. The van der Waals surface area contributed by atoms with Crippen LogP contribution in [-0.2, 0) is 117 Å². The molecule has 3 heterocycles. The zero-order valence-electron chi connectivity index (χ0n) is 81.9. The summed E-state index contributed by atoms with van der Waals surface area (Å²) in [6.07, 6.45) is 9.13. The third kappa shape index (κ3) is 53.9. The summed E-state index contributed by atoms with van der Waals surface area (Å²) in [4.78, 5) is 55.1. The van der Waals surface area contributed by atoms with Crippen molar-refractivity contribution >= 4 is 115 Å². The van der Waals surface area contributed by atoms with E-state index in [4.69, 9.17) is 56.8 Å². The van der Waals surface area contributed by atoms with Gasteiger partial charge in [-0.2, -0.15) is 75.8 Å². The number of nitrogens with one attached hydrogen (secondary N) is 6. The van der Waals surface area contributed by atoms with Crippen molar-refractivity contribution in [1.82, 2.24) is 67.2 Å². The Morgan fingerprint density at radius 3 is 0.733 bits per heavy atom. The van der Waals surface area contributed by atoms with Gasteiger partial charge in [0.2, 0.25) is 23.0 Å². The number of rotatable bonds is 81. The molecule has 56 nitrogen and oxygen atoms in total. The number of aryl methyl sites for hydroxylation is 4. The van der Waals surface area contributed by atoms with E-state index in [-0.39, 0.29) is 261 Å². The number of nitrogens with zero attached hydrogens (tertiary/aromatic N) is 7. The molecule has 0 unspecified atom stereocenters. The molecule has 1 aliphatic heterocycles. The topological polar surface area (TPSA) is 805 Å². The van der Waals surface area contributed by atoms with Gasteiger partial charge in [-0.15, -0.1) is 15.7 Å². The zero-order chi connectivity index (χ0) is 110. The predicted octanol–water partition coefficient (Wildman–Crippen LogP) is 3.90. The molecule has 7 rings (SSSR count).